The fraction of sp³-hybridized carbons (Fsp3) is 0.571. The first-order valence-electron chi connectivity index (χ1n) is 3.36. The molecule has 0 amide bonds. The van der Waals surface area contributed by atoms with Gasteiger partial charge in [-0.1, -0.05) is 0 Å². The summed E-state index contributed by atoms with van der Waals surface area (Å²) in [6.45, 7) is 7.90. The fourth-order valence-corrected chi connectivity index (χ4v) is 2.76. The lowest BCUT2D eigenvalue weighted by Crippen LogP contribution is -2.28. The standard InChI is InChI=1S/C7H12O2Si/c1-5-6(2)10(3,4)9-7(5)8/h1-4H3. The van der Waals surface area contributed by atoms with Gasteiger partial charge in [0.25, 0.3) is 8.32 Å². The van der Waals surface area contributed by atoms with Gasteiger partial charge in [-0.25, -0.2) is 4.79 Å². The van der Waals surface area contributed by atoms with E-state index in [1.54, 1.807) is 0 Å². The number of carbonyl (C=O) groups excluding carboxylic acids is 1. The summed E-state index contributed by atoms with van der Waals surface area (Å²) in [4.78, 5) is 11.0. The highest BCUT2D eigenvalue weighted by atomic mass is 28.4. The molecule has 10 heavy (non-hydrogen) atoms. The smallest absolute Gasteiger partial charge is 0.320 e. The van der Waals surface area contributed by atoms with Crippen LogP contribution in [-0.2, 0) is 9.22 Å². The Hall–Kier alpha value is -0.573. The molecule has 0 saturated carbocycles. The number of rotatable bonds is 0. The molecular formula is C7H12O2Si. The van der Waals surface area contributed by atoms with E-state index >= 15 is 0 Å². The van der Waals surface area contributed by atoms with Crippen molar-refractivity contribution < 1.29 is 9.22 Å². The number of hydrogen-bond acceptors (Lipinski definition) is 2. The zero-order valence-electron chi connectivity index (χ0n) is 6.82. The first kappa shape index (κ1) is 7.53. The first-order chi connectivity index (χ1) is 4.45. The van der Waals surface area contributed by atoms with Crippen molar-refractivity contribution >= 4 is 14.3 Å². The van der Waals surface area contributed by atoms with E-state index in [4.69, 9.17) is 4.43 Å². The zero-order valence-corrected chi connectivity index (χ0v) is 7.82. The Morgan fingerprint density at radius 1 is 1.30 bits per heavy atom. The van der Waals surface area contributed by atoms with Crippen LogP contribution in [0, 0.1) is 0 Å². The van der Waals surface area contributed by atoms with Gasteiger partial charge in [0.05, 0.1) is 0 Å². The topological polar surface area (TPSA) is 26.3 Å². The van der Waals surface area contributed by atoms with E-state index in [1.807, 2.05) is 26.9 Å². The van der Waals surface area contributed by atoms with Gasteiger partial charge in [0.15, 0.2) is 0 Å². The molecule has 1 aliphatic heterocycles. The van der Waals surface area contributed by atoms with E-state index in [0.29, 0.717) is 0 Å². The Morgan fingerprint density at radius 3 is 1.90 bits per heavy atom. The third-order valence-electron chi connectivity index (χ3n) is 2.12. The summed E-state index contributed by atoms with van der Waals surface area (Å²) < 4.78 is 5.20. The predicted octanol–water partition coefficient (Wildman–Crippen LogP) is 1.62. The molecule has 0 fully saturated rings. The first-order valence-corrected chi connectivity index (χ1v) is 6.27. The van der Waals surface area contributed by atoms with Crippen LogP contribution in [0.2, 0.25) is 13.1 Å². The molecule has 0 aromatic carbocycles. The highest BCUT2D eigenvalue weighted by Crippen LogP contribution is 2.27. The lowest BCUT2D eigenvalue weighted by molar-refractivity contribution is -0.129. The largest absolute Gasteiger partial charge is 0.512 e. The average Bonchev–Trinajstić information content (AvgIpc) is 1.95. The minimum Gasteiger partial charge on any atom is -0.512 e. The molecule has 0 unspecified atom stereocenters. The van der Waals surface area contributed by atoms with Crippen molar-refractivity contribution in [2.24, 2.45) is 0 Å². The van der Waals surface area contributed by atoms with Gasteiger partial charge in [0.1, 0.15) is 0 Å². The minimum absolute atomic E-state index is 0.117. The van der Waals surface area contributed by atoms with Gasteiger partial charge in [0, 0.05) is 5.57 Å². The van der Waals surface area contributed by atoms with Gasteiger partial charge >= 0.3 is 5.97 Å². The van der Waals surface area contributed by atoms with E-state index in [-0.39, 0.29) is 5.97 Å². The van der Waals surface area contributed by atoms with Crippen molar-refractivity contribution in [2.45, 2.75) is 26.9 Å². The van der Waals surface area contributed by atoms with E-state index in [2.05, 4.69) is 0 Å². The normalized spacial score (nSPS) is 23.4. The number of hydrogen-bond donors (Lipinski definition) is 0. The molecule has 0 aromatic rings. The molecule has 0 spiro atoms. The van der Waals surface area contributed by atoms with E-state index < -0.39 is 8.32 Å². The highest BCUT2D eigenvalue weighted by molar-refractivity contribution is 6.81. The van der Waals surface area contributed by atoms with Crippen LogP contribution in [-0.4, -0.2) is 14.3 Å². The van der Waals surface area contributed by atoms with Crippen molar-refractivity contribution in [3.05, 3.63) is 10.8 Å². The van der Waals surface area contributed by atoms with E-state index in [9.17, 15) is 4.79 Å². The average molecular weight is 156 g/mol. The summed E-state index contributed by atoms with van der Waals surface area (Å²) in [5, 5.41) is 1.18. The monoisotopic (exact) mass is 156 g/mol. The van der Waals surface area contributed by atoms with Crippen molar-refractivity contribution in [3.63, 3.8) is 0 Å². The molecule has 0 aromatic heterocycles. The summed E-state index contributed by atoms with van der Waals surface area (Å²) in [6, 6.07) is 0. The second kappa shape index (κ2) is 1.95. The molecule has 1 rings (SSSR count). The molecule has 0 N–H and O–H groups in total. The number of allylic oxidation sites excluding steroid dienone is 1. The van der Waals surface area contributed by atoms with Gasteiger partial charge < -0.3 is 4.43 Å². The van der Waals surface area contributed by atoms with Crippen LogP contribution in [0.25, 0.3) is 0 Å². The summed E-state index contributed by atoms with van der Waals surface area (Å²) in [7, 11) is -1.74. The predicted molar refractivity (Wildman–Crippen MR) is 41.9 cm³/mol. The van der Waals surface area contributed by atoms with Gasteiger partial charge in [-0.15, -0.1) is 0 Å². The molecular weight excluding hydrogens is 144 g/mol. The molecule has 0 aliphatic carbocycles. The van der Waals surface area contributed by atoms with Crippen LogP contribution in [0.3, 0.4) is 0 Å². The van der Waals surface area contributed by atoms with Crippen LogP contribution in [0.5, 0.6) is 0 Å². The fourth-order valence-electron chi connectivity index (χ4n) is 0.989. The Balaban J connectivity index is 3.06. The quantitative estimate of drug-likeness (QED) is 0.498. The second-order valence-corrected chi connectivity index (χ2v) is 7.12. The molecule has 0 saturated heterocycles. The summed E-state index contributed by atoms with van der Waals surface area (Å²) in [5.41, 5.74) is 0.816. The SMILES string of the molecule is CC1=C(C)[Si](C)(C)OC1=O. The van der Waals surface area contributed by atoms with Gasteiger partial charge in [-0.3, -0.25) is 0 Å². The minimum atomic E-state index is -1.74. The van der Waals surface area contributed by atoms with Crippen LogP contribution in [0.1, 0.15) is 13.8 Å². The van der Waals surface area contributed by atoms with Crippen LogP contribution >= 0.6 is 0 Å². The Morgan fingerprint density at radius 2 is 1.80 bits per heavy atom. The lowest BCUT2D eigenvalue weighted by atomic mass is 10.3. The van der Waals surface area contributed by atoms with E-state index in [0.717, 1.165) is 5.57 Å². The van der Waals surface area contributed by atoms with Crippen molar-refractivity contribution in [2.75, 3.05) is 0 Å². The number of carbonyl (C=O) groups is 1. The third-order valence-corrected chi connectivity index (χ3v) is 5.00. The van der Waals surface area contributed by atoms with Crippen LogP contribution in [0.4, 0.5) is 0 Å². The molecule has 0 atom stereocenters. The molecule has 1 heterocycles. The molecule has 0 bridgehead atoms. The molecule has 1 aliphatic rings. The van der Waals surface area contributed by atoms with Gasteiger partial charge in [-0.2, -0.15) is 0 Å². The van der Waals surface area contributed by atoms with Crippen LogP contribution in [0.15, 0.2) is 10.8 Å². The highest BCUT2D eigenvalue weighted by Gasteiger charge is 2.38. The van der Waals surface area contributed by atoms with Gasteiger partial charge in [0.2, 0.25) is 0 Å². The zero-order chi connectivity index (χ0) is 7.94. The Kier molecular flexibility index (Phi) is 1.47. The Labute approximate surface area is 62.0 Å². The molecule has 0 radical (unpaired) electrons. The maximum absolute atomic E-state index is 11.0. The van der Waals surface area contributed by atoms with Crippen molar-refractivity contribution in [3.8, 4) is 0 Å². The summed E-state index contributed by atoms with van der Waals surface area (Å²) >= 11 is 0. The van der Waals surface area contributed by atoms with Crippen LogP contribution < -0.4 is 0 Å². The lowest BCUT2D eigenvalue weighted by Gasteiger charge is -2.14. The molecule has 56 valence electrons. The second-order valence-electron chi connectivity index (χ2n) is 3.15. The summed E-state index contributed by atoms with van der Waals surface area (Å²) in [6.07, 6.45) is 0. The Bertz CT molecular complexity index is 216. The molecule has 2 nitrogen and oxygen atoms in total. The maximum Gasteiger partial charge on any atom is 0.320 e. The van der Waals surface area contributed by atoms with Crippen molar-refractivity contribution in [1.82, 2.24) is 0 Å². The third kappa shape index (κ3) is 0.903. The molecule has 3 heteroatoms. The van der Waals surface area contributed by atoms with E-state index in [1.165, 1.54) is 5.20 Å². The van der Waals surface area contributed by atoms with Gasteiger partial charge in [-0.05, 0) is 32.1 Å². The van der Waals surface area contributed by atoms with Crippen molar-refractivity contribution in [1.29, 1.82) is 0 Å². The maximum atomic E-state index is 11.0. The summed E-state index contributed by atoms with van der Waals surface area (Å²) in [5.74, 6) is -0.117.